The Morgan fingerprint density at radius 2 is 1.76 bits per heavy atom. The number of aromatic nitrogens is 3. The molecule has 168 valence electrons. The average molecular weight is 461 g/mol. The van der Waals surface area contributed by atoms with Gasteiger partial charge in [-0.15, -0.1) is 10.2 Å². The van der Waals surface area contributed by atoms with Crippen molar-refractivity contribution in [3.8, 4) is 28.6 Å². The van der Waals surface area contributed by atoms with Gasteiger partial charge in [0, 0.05) is 16.9 Å². The van der Waals surface area contributed by atoms with Crippen molar-refractivity contribution >= 4 is 23.4 Å². The molecule has 33 heavy (non-hydrogen) atoms. The van der Waals surface area contributed by atoms with Crippen LogP contribution in [-0.2, 0) is 4.79 Å². The van der Waals surface area contributed by atoms with Crippen LogP contribution in [-0.4, -0.2) is 40.1 Å². The first-order chi connectivity index (χ1) is 16.2. The second-order valence-corrected chi connectivity index (χ2v) is 7.95. The van der Waals surface area contributed by atoms with Crippen LogP contribution in [0.4, 0.5) is 5.69 Å². The molecule has 0 radical (unpaired) electrons. The number of ether oxygens (including phenoxy) is 2. The van der Waals surface area contributed by atoms with Gasteiger partial charge in [-0.1, -0.05) is 42.1 Å². The molecule has 0 aliphatic rings. The normalized spacial score (nSPS) is 10.6. The van der Waals surface area contributed by atoms with Gasteiger partial charge in [-0.2, -0.15) is 0 Å². The molecule has 0 fully saturated rings. The summed E-state index contributed by atoms with van der Waals surface area (Å²) in [6.45, 7) is 2.54. The van der Waals surface area contributed by atoms with Crippen molar-refractivity contribution in [2.24, 2.45) is 0 Å². The first-order valence-electron chi connectivity index (χ1n) is 10.5. The van der Waals surface area contributed by atoms with E-state index < -0.39 is 0 Å². The zero-order valence-corrected chi connectivity index (χ0v) is 19.2. The third-order valence-corrected chi connectivity index (χ3v) is 5.69. The van der Waals surface area contributed by atoms with E-state index in [0.717, 1.165) is 28.4 Å². The molecule has 7 nitrogen and oxygen atoms in total. The van der Waals surface area contributed by atoms with Gasteiger partial charge in [-0.3, -0.25) is 9.36 Å². The summed E-state index contributed by atoms with van der Waals surface area (Å²) in [6, 6.07) is 24.7. The molecular formula is C25H24N4O3S. The monoisotopic (exact) mass is 460 g/mol. The Morgan fingerprint density at radius 3 is 2.48 bits per heavy atom. The lowest BCUT2D eigenvalue weighted by molar-refractivity contribution is -0.113. The minimum atomic E-state index is -0.115. The smallest absolute Gasteiger partial charge is 0.234 e. The number of para-hydroxylation sites is 1. The third kappa shape index (κ3) is 5.53. The van der Waals surface area contributed by atoms with E-state index in [2.05, 4.69) is 15.5 Å². The molecule has 4 rings (SSSR count). The fourth-order valence-corrected chi connectivity index (χ4v) is 4.00. The highest BCUT2D eigenvalue weighted by Gasteiger charge is 2.18. The highest BCUT2D eigenvalue weighted by Crippen LogP contribution is 2.30. The van der Waals surface area contributed by atoms with Gasteiger partial charge in [-0.05, 0) is 55.5 Å². The summed E-state index contributed by atoms with van der Waals surface area (Å²) in [5, 5.41) is 12.3. The zero-order valence-electron chi connectivity index (χ0n) is 18.4. The number of anilines is 1. The number of benzene rings is 3. The summed E-state index contributed by atoms with van der Waals surface area (Å²) < 4.78 is 12.9. The molecule has 3 aromatic carbocycles. The van der Waals surface area contributed by atoms with E-state index in [1.807, 2.05) is 90.4 Å². The molecule has 0 bridgehead atoms. The largest absolute Gasteiger partial charge is 0.497 e. The predicted octanol–water partition coefficient (Wildman–Crippen LogP) is 5.07. The molecule has 0 aliphatic carbocycles. The lowest BCUT2D eigenvalue weighted by Gasteiger charge is -2.12. The van der Waals surface area contributed by atoms with Crippen LogP contribution in [0.15, 0.2) is 84.0 Å². The van der Waals surface area contributed by atoms with Crippen LogP contribution >= 0.6 is 11.8 Å². The number of hydrogen-bond acceptors (Lipinski definition) is 6. The molecule has 1 amide bonds. The minimum Gasteiger partial charge on any atom is -0.497 e. The molecule has 1 N–H and O–H groups in total. The maximum Gasteiger partial charge on any atom is 0.234 e. The number of carbonyl (C=O) groups excluding carboxylic acids is 1. The van der Waals surface area contributed by atoms with Crippen LogP contribution in [0, 0.1) is 0 Å². The van der Waals surface area contributed by atoms with E-state index in [4.69, 9.17) is 9.47 Å². The molecule has 0 saturated carbocycles. The molecule has 0 atom stereocenters. The molecule has 0 spiro atoms. The standard InChI is InChI=1S/C25H24N4O3S/c1-3-32-21-14-12-20(13-15-21)29-24(18-8-7-11-22(16-18)31-2)27-28-25(29)33-17-23(30)26-19-9-5-4-6-10-19/h4-16H,3,17H2,1-2H3,(H,26,30). The van der Waals surface area contributed by atoms with Gasteiger partial charge >= 0.3 is 0 Å². The molecule has 0 unspecified atom stereocenters. The van der Waals surface area contributed by atoms with Gasteiger partial charge in [0.15, 0.2) is 11.0 Å². The molecule has 8 heteroatoms. The van der Waals surface area contributed by atoms with Crippen LogP contribution in [0.2, 0.25) is 0 Å². The minimum absolute atomic E-state index is 0.115. The van der Waals surface area contributed by atoms with Crippen molar-refractivity contribution in [1.82, 2.24) is 14.8 Å². The molecule has 1 heterocycles. The summed E-state index contributed by atoms with van der Waals surface area (Å²) >= 11 is 1.32. The Kier molecular flexibility index (Phi) is 7.26. The number of nitrogens with zero attached hydrogens (tertiary/aromatic N) is 3. The van der Waals surface area contributed by atoms with Crippen LogP contribution in [0.3, 0.4) is 0 Å². The quantitative estimate of drug-likeness (QED) is 0.351. The summed E-state index contributed by atoms with van der Waals surface area (Å²) in [4.78, 5) is 12.5. The van der Waals surface area contributed by atoms with E-state index in [1.54, 1.807) is 7.11 Å². The molecule has 0 aliphatic heterocycles. The first kappa shape index (κ1) is 22.4. The molecule has 1 aromatic heterocycles. The van der Waals surface area contributed by atoms with E-state index >= 15 is 0 Å². The number of thioether (sulfide) groups is 1. The highest BCUT2D eigenvalue weighted by atomic mass is 32.2. The lowest BCUT2D eigenvalue weighted by Crippen LogP contribution is -2.14. The van der Waals surface area contributed by atoms with Crippen molar-refractivity contribution in [2.45, 2.75) is 12.1 Å². The first-order valence-corrected chi connectivity index (χ1v) is 11.5. The average Bonchev–Trinajstić information content (AvgIpc) is 3.28. The number of amides is 1. The Labute approximate surface area is 196 Å². The van der Waals surface area contributed by atoms with Crippen molar-refractivity contribution in [2.75, 3.05) is 24.8 Å². The summed E-state index contributed by atoms with van der Waals surface area (Å²) in [5.41, 5.74) is 2.48. The van der Waals surface area contributed by atoms with E-state index in [0.29, 0.717) is 17.6 Å². The third-order valence-electron chi connectivity index (χ3n) is 4.76. The van der Waals surface area contributed by atoms with Crippen molar-refractivity contribution in [3.05, 3.63) is 78.9 Å². The molecular weight excluding hydrogens is 436 g/mol. The summed E-state index contributed by atoms with van der Waals surface area (Å²) in [6.07, 6.45) is 0. The summed E-state index contributed by atoms with van der Waals surface area (Å²) in [5.74, 6) is 2.25. The number of carbonyl (C=O) groups is 1. The van der Waals surface area contributed by atoms with Gasteiger partial charge in [0.05, 0.1) is 19.5 Å². The summed E-state index contributed by atoms with van der Waals surface area (Å²) in [7, 11) is 1.63. The number of methoxy groups -OCH3 is 1. The Hall–Kier alpha value is -3.78. The molecule has 4 aromatic rings. The van der Waals surface area contributed by atoms with Crippen LogP contribution < -0.4 is 14.8 Å². The van der Waals surface area contributed by atoms with Crippen molar-refractivity contribution in [1.29, 1.82) is 0 Å². The number of hydrogen-bond donors (Lipinski definition) is 1. The van der Waals surface area contributed by atoms with Crippen LogP contribution in [0.5, 0.6) is 11.5 Å². The van der Waals surface area contributed by atoms with Gasteiger partial charge in [0.2, 0.25) is 5.91 Å². The topological polar surface area (TPSA) is 78.3 Å². The van der Waals surface area contributed by atoms with E-state index in [-0.39, 0.29) is 11.7 Å². The maximum atomic E-state index is 12.5. The predicted molar refractivity (Wildman–Crippen MR) is 130 cm³/mol. The Morgan fingerprint density at radius 1 is 0.970 bits per heavy atom. The fourth-order valence-electron chi connectivity index (χ4n) is 3.25. The van der Waals surface area contributed by atoms with Gasteiger partial charge < -0.3 is 14.8 Å². The van der Waals surface area contributed by atoms with Gasteiger partial charge in [0.1, 0.15) is 11.5 Å². The fraction of sp³-hybridized carbons (Fsp3) is 0.160. The zero-order chi connectivity index (χ0) is 23.0. The van der Waals surface area contributed by atoms with E-state index in [1.165, 1.54) is 11.8 Å². The SMILES string of the molecule is CCOc1ccc(-n2c(SCC(=O)Nc3ccccc3)nnc2-c2cccc(OC)c2)cc1. The van der Waals surface area contributed by atoms with Gasteiger partial charge in [-0.25, -0.2) is 0 Å². The van der Waals surface area contributed by atoms with E-state index in [9.17, 15) is 4.79 Å². The maximum absolute atomic E-state index is 12.5. The number of rotatable bonds is 9. The Balaban J connectivity index is 1.63. The van der Waals surface area contributed by atoms with Crippen LogP contribution in [0.1, 0.15) is 6.92 Å². The lowest BCUT2D eigenvalue weighted by atomic mass is 10.2. The highest BCUT2D eigenvalue weighted by molar-refractivity contribution is 7.99. The second kappa shape index (κ2) is 10.7. The molecule has 0 saturated heterocycles. The number of nitrogens with one attached hydrogen (secondary N) is 1. The van der Waals surface area contributed by atoms with Crippen molar-refractivity contribution in [3.63, 3.8) is 0 Å². The van der Waals surface area contributed by atoms with Crippen LogP contribution in [0.25, 0.3) is 17.1 Å². The second-order valence-electron chi connectivity index (χ2n) is 7.00. The van der Waals surface area contributed by atoms with Gasteiger partial charge in [0.25, 0.3) is 0 Å². The Bertz CT molecular complexity index is 1210. The van der Waals surface area contributed by atoms with Crippen molar-refractivity contribution < 1.29 is 14.3 Å².